The summed E-state index contributed by atoms with van der Waals surface area (Å²) in [6.07, 6.45) is 6.27. The van der Waals surface area contributed by atoms with Gasteiger partial charge in [0.1, 0.15) is 11.5 Å². The summed E-state index contributed by atoms with van der Waals surface area (Å²) < 4.78 is 6.04. The van der Waals surface area contributed by atoms with Crippen molar-refractivity contribution in [3.05, 3.63) is 52.8 Å². The molecule has 2 aromatic rings. The Kier molecular flexibility index (Phi) is 3.93. The molecule has 3 heteroatoms. The lowest BCUT2D eigenvalue weighted by molar-refractivity contribution is 0.474. The van der Waals surface area contributed by atoms with Gasteiger partial charge in [0.15, 0.2) is 0 Å². The number of benzene rings is 1. The number of aryl methyl sites for hydroxylation is 2. The lowest BCUT2D eigenvalue weighted by Gasteiger charge is -2.12. The number of ether oxygens (including phenoxy) is 1. The molecule has 0 saturated heterocycles. The van der Waals surface area contributed by atoms with Crippen LogP contribution in [0.2, 0.25) is 0 Å². The summed E-state index contributed by atoms with van der Waals surface area (Å²) in [5.41, 5.74) is 4.82. The lowest BCUT2D eigenvalue weighted by atomic mass is 10.1. The predicted octanol–water partition coefficient (Wildman–Crippen LogP) is 4.05. The first kappa shape index (κ1) is 14.1. The molecule has 1 saturated carbocycles. The van der Waals surface area contributed by atoms with Crippen LogP contribution in [0.4, 0.5) is 0 Å². The fourth-order valence-corrected chi connectivity index (χ4v) is 2.40. The van der Waals surface area contributed by atoms with Crippen molar-refractivity contribution in [3.63, 3.8) is 0 Å². The van der Waals surface area contributed by atoms with E-state index in [2.05, 4.69) is 49.3 Å². The second-order valence-electron chi connectivity index (χ2n) is 5.99. The molecule has 1 aromatic heterocycles. The second-order valence-corrected chi connectivity index (χ2v) is 5.99. The van der Waals surface area contributed by atoms with Crippen molar-refractivity contribution in [1.82, 2.24) is 10.3 Å². The monoisotopic (exact) mass is 282 g/mol. The Hall–Kier alpha value is -1.87. The highest BCUT2D eigenvalue weighted by Gasteiger charge is 2.20. The van der Waals surface area contributed by atoms with E-state index in [1.165, 1.54) is 35.1 Å². The predicted molar refractivity (Wildman–Crippen MR) is 84.8 cm³/mol. The zero-order valence-corrected chi connectivity index (χ0v) is 12.9. The van der Waals surface area contributed by atoms with Gasteiger partial charge >= 0.3 is 0 Å². The second kappa shape index (κ2) is 5.86. The molecule has 1 fully saturated rings. The first-order valence-electron chi connectivity index (χ1n) is 7.55. The van der Waals surface area contributed by atoms with Crippen molar-refractivity contribution >= 4 is 0 Å². The first-order valence-corrected chi connectivity index (χ1v) is 7.55. The van der Waals surface area contributed by atoms with E-state index in [1.807, 2.05) is 6.20 Å². The summed E-state index contributed by atoms with van der Waals surface area (Å²) in [5, 5.41) is 3.50. The molecule has 110 valence electrons. The van der Waals surface area contributed by atoms with E-state index in [9.17, 15) is 0 Å². The van der Waals surface area contributed by atoms with Crippen LogP contribution in [-0.2, 0) is 6.54 Å². The normalized spacial score (nSPS) is 14.2. The molecule has 0 spiro atoms. The summed E-state index contributed by atoms with van der Waals surface area (Å²) in [7, 11) is 0. The Bertz CT molecular complexity index is 648. The van der Waals surface area contributed by atoms with Gasteiger partial charge in [0, 0.05) is 18.8 Å². The molecule has 3 rings (SSSR count). The van der Waals surface area contributed by atoms with Gasteiger partial charge in [-0.05, 0) is 68.0 Å². The molecule has 21 heavy (non-hydrogen) atoms. The van der Waals surface area contributed by atoms with Crippen LogP contribution in [0, 0.1) is 20.8 Å². The molecule has 0 amide bonds. The molecule has 0 radical (unpaired) electrons. The summed E-state index contributed by atoms with van der Waals surface area (Å²) >= 11 is 0. The van der Waals surface area contributed by atoms with Crippen molar-refractivity contribution in [2.45, 2.75) is 46.2 Å². The maximum absolute atomic E-state index is 6.04. The van der Waals surface area contributed by atoms with Gasteiger partial charge in [0.05, 0.1) is 6.20 Å². The van der Waals surface area contributed by atoms with E-state index < -0.39 is 0 Å². The molecule has 1 aromatic carbocycles. The van der Waals surface area contributed by atoms with Crippen LogP contribution in [0.3, 0.4) is 0 Å². The average Bonchev–Trinajstić information content (AvgIpc) is 3.27. The maximum atomic E-state index is 6.04. The van der Waals surface area contributed by atoms with Crippen LogP contribution in [0.5, 0.6) is 11.5 Å². The van der Waals surface area contributed by atoms with Gasteiger partial charge in [0.2, 0.25) is 0 Å². The molecule has 3 nitrogen and oxygen atoms in total. The summed E-state index contributed by atoms with van der Waals surface area (Å²) in [6.45, 7) is 7.16. The minimum absolute atomic E-state index is 0.705. The van der Waals surface area contributed by atoms with E-state index in [0.717, 1.165) is 18.0 Å². The highest BCUT2D eigenvalue weighted by molar-refractivity contribution is 5.44. The van der Waals surface area contributed by atoms with Gasteiger partial charge in [-0.3, -0.25) is 4.98 Å². The number of pyridine rings is 1. The van der Waals surface area contributed by atoms with E-state index in [1.54, 1.807) is 6.20 Å². The Morgan fingerprint density at radius 2 is 1.95 bits per heavy atom. The Morgan fingerprint density at radius 1 is 1.14 bits per heavy atom. The van der Waals surface area contributed by atoms with Gasteiger partial charge in [-0.1, -0.05) is 6.07 Å². The molecule has 0 bridgehead atoms. The number of nitrogens with zero attached hydrogens (tertiary/aromatic N) is 1. The van der Waals surface area contributed by atoms with Gasteiger partial charge in [-0.25, -0.2) is 0 Å². The third kappa shape index (κ3) is 3.61. The summed E-state index contributed by atoms with van der Waals surface area (Å²) in [6, 6.07) is 7.03. The van der Waals surface area contributed by atoms with Crippen LogP contribution < -0.4 is 10.1 Å². The fourth-order valence-electron chi connectivity index (χ4n) is 2.40. The largest absolute Gasteiger partial charge is 0.455 e. The maximum Gasteiger partial charge on any atom is 0.146 e. The third-order valence-corrected chi connectivity index (χ3v) is 3.93. The summed E-state index contributed by atoms with van der Waals surface area (Å²) in [5.74, 6) is 1.72. The average molecular weight is 282 g/mol. The van der Waals surface area contributed by atoms with E-state index in [4.69, 9.17) is 4.74 Å². The van der Waals surface area contributed by atoms with Gasteiger partial charge in [-0.15, -0.1) is 0 Å². The van der Waals surface area contributed by atoms with Gasteiger partial charge in [-0.2, -0.15) is 0 Å². The number of aromatic nitrogens is 1. The number of hydrogen-bond acceptors (Lipinski definition) is 3. The first-order chi connectivity index (χ1) is 10.1. The molecule has 0 unspecified atom stereocenters. The number of nitrogens with one attached hydrogen (secondary N) is 1. The third-order valence-electron chi connectivity index (χ3n) is 3.93. The standard InChI is InChI=1S/C18H22N2O/c1-12-6-13(2)14(3)18(7-12)21-17-8-15(9-19-11-17)10-20-16-4-5-16/h6-9,11,16,20H,4-5,10H2,1-3H3. The lowest BCUT2D eigenvalue weighted by Crippen LogP contribution is -2.15. The van der Waals surface area contributed by atoms with Gasteiger partial charge in [0.25, 0.3) is 0 Å². The molecule has 1 N–H and O–H groups in total. The van der Waals surface area contributed by atoms with Crippen molar-refractivity contribution in [2.75, 3.05) is 0 Å². The van der Waals surface area contributed by atoms with Crippen molar-refractivity contribution in [3.8, 4) is 11.5 Å². The Morgan fingerprint density at radius 3 is 2.71 bits per heavy atom. The van der Waals surface area contributed by atoms with Crippen molar-refractivity contribution in [1.29, 1.82) is 0 Å². The minimum atomic E-state index is 0.705. The fraction of sp³-hybridized carbons (Fsp3) is 0.389. The molecular weight excluding hydrogens is 260 g/mol. The molecule has 1 aliphatic rings. The smallest absolute Gasteiger partial charge is 0.146 e. The zero-order valence-electron chi connectivity index (χ0n) is 12.9. The zero-order chi connectivity index (χ0) is 14.8. The number of rotatable bonds is 5. The van der Waals surface area contributed by atoms with Crippen LogP contribution >= 0.6 is 0 Å². The van der Waals surface area contributed by atoms with E-state index >= 15 is 0 Å². The SMILES string of the molecule is Cc1cc(C)c(C)c(Oc2cncc(CNC3CC3)c2)c1. The van der Waals surface area contributed by atoms with Crippen molar-refractivity contribution < 1.29 is 4.74 Å². The topological polar surface area (TPSA) is 34.1 Å². The Balaban J connectivity index is 1.76. The highest BCUT2D eigenvalue weighted by atomic mass is 16.5. The van der Waals surface area contributed by atoms with E-state index in [-0.39, 0.29) is 0 Å². The van der Waals surface area contributed by atoms with Crippen LogP contribution in [-0.4, -0.2) is 11.0 Å². The number of hydrogen-bond donors (Lipinski definition) is 1. The molecule has 1 aliphatic carbocycles. The molecule has 0 atom stereocenters. The van der Waals surface area contributed by atoms with Crippen LogP contribution in [0.25, 0.3) is 0 Å². The van der Waals surface area contributed by atoms with Crippen LogP contribution in [0.1, 0.15) is 35.1 Å². The minimum Gasteiger partial charge on any atom is -0.455 e. The van der Waals surface area contributed by atoms with Gasteiger partial charge < -0.3 is 10.1 Å². The Labute approximate surface area is 126 Å². The van der Waals surface area contributed by atoms with Crippen molar-refractivity contribution in [2.24, 2.45) is 0 Å². The van der Waals surface area contributed by atoms with Crippen LogP contribution in [0.15, 0.2) is 30.6 Å². The molecule has 0 aliphatic heterocycles. The summed E-state index contributed by atoms with van der Waals surface area (Å²) in [4.78, 5) is 4.29. The molecule has 1 heterocycles. The van der Waals surface area contributed by atoms with E-state index in [0.29, 0.717) is 6.04 Å². The molecular formula is C18H22N2O. The quantitative estimate of drug-likeness (QED) is 0.898. The highest BCUT2D eigenvalue weighted by Crippen LogP contribution is 2.28.